The summed E-state index contributed by atoms with van der Waals surface area (Å²) in [6, 6.07) is 11.2. The van der Waals surface area contributed by atoms with Gasteiger partial charge in [-0.05, 0) is 24.5 Å². The molecule has 2 N–H and O–H groups in total. The van der Waals surface area contributed by atoms with E-state index in [-0.39, 0.29) is 18.7 Å². The summed E-state index contributed by atoms with van der Waals surface area (Å²) in [6.45, 7) is 1.55. The largest absolute Gasteiger partial charge is 0.444 e. The molecule has 1 aromatic heterocycles. The second kappa shape index (κ2) is 7.74. The lowest BCUT2D eigenvalue weighted by Gasteiger charge is -2.30. The molecule has 0 aliphatic carbocycles. The molecular weight excluding hydrogens is 308 g/mol. The quantitative estimate of drug-likeness (QED) is 0.894. The van der Waals surface area contributed by atoms with Gasteiger partial charge in [-0.2, -0.15) is 4.98 Å². The molecule has 0 bridgehead atoms. The van der Waals surface area contributed by atoms with E-state index in [1.807, 2.05) is 35.2 Å². The fraction of sp³-hybridized carbons (Fsp3) is 0.353. The molecule has 7 heteroatoms. The van der Waals surface area contributed by atoms with Gasteiger partial charge in [-0.1, -0.05) is 30.3 Å². The van der Waals surface area contributed by atoms with E-state index in [9.17, 15) is 9.90 Å². The second-order valence-electron chi connectivity index (χ2n) is 5.67. The number of ether oxygens (including phenoxy) is 1. The number of anilines is 2. The van der Waals surface area contributed by atoms with Gasteiger partial charge in [0.15, 0.2) is 0 Å². The highest BCUT2D eigenvalue weighted by molar-refractivity contribution is 5.82. The molecule has 1 aliphatic heterocycles. The maximum atomic E-state index is 11.9. The molecule has 1 fully saturated rings. The van der Waals surface area contributed by atoms with E-state index in [0.29, 0.717) is 12.4 Å². The van der Waals surface area contributed by atoms with Crippen molar-refractivity contribution in [1.82, 2.24) is 9.97 Å². The Morgan fingerprint density at radius 2 is 2.17 bits per heavy atom. The van der Waals surface area contributed by atoms with Crippen LogP contribution in [0.4, 0.5) is 16.6 Å². The van der Waals surface area contributed by atoms with Crippen molar-refractivity contribution >= 4 is 17.9 Å². The molecule has 1 unspecified atom stereocenters. The molecule has 7 nitrogen and oxygen atoms in total. The summed E-state index contributed by atoms with van der Waals surface area (Å²) in [5, 5.41) is 12.3. The van der Waals surface area contributed by atoms with Gasteiger partial charge in [0.1, 0.15) is 12.4 Å². The highest BCUT2D eigenvalue weighted by Gasteiger charge is 2.19. The number of rotatable bonds is 4. The van der Waals surface area contributed by atoms with Crippen LogP contribution in [0.2, 0.25) is 0 Å². The fourth-order valence-electron chi connectivity index (χ4n) is 2.60. The maximum Gasteiger partial charge on any atom is 0.414 e. The first-order valence-electron chi connectivity index (χ1n) is 7.94. The van der Waals surface area contributed by atoms with Crippen LogP contribution in [0.25, 0.3) is 0 Å². The van der Waals surface area contributed by atoms with Crippen molar-refractivity contribution in [2.24, 2.45) is 0 Å². The van der Waals surface area contributed by atoms with Crippen LogP contribution >= 0.6 is 0 Å². The number of aliphatic hydroxyl groups is 1. The van der Waals surface area contributed by atoms with E-state index in [0.717, 1.165) is 24.9 Å². The first-order chi connectivity index (χ1) is 11.7. The molecule has 2 heterocycles. The Morgan fingerprint density at radius 1 is 1.33 bits per heavy atom. The number of benzene rings is 1. The molecule has 1 amide bonds. The summed E-state index contributed by atoms with van der Waals surface area (Å²) >= 11 is 0. The van der Waals surface area contributed by atoms with E-state index >= 15 is 0 Å². The zero-order valence-electron chi connectivity index (χ0n) is 13.3. The van der Waals surface area contributed by atoms with Crippen molar-refractivity contribution < 1.29 is 14.6 Å². The van der Waals surface area contributed by atoms with Gasteiger partial charge in [0, 0.05) is 19.3 Å². The minimum Gasteiger partial charge on any atom is -0.444 e. The van der Waals surface area contributed by atoms with Gasteiger partial charge >= 0.3 is 6.09 Å². The van der Waals surface area contributed by atoms with Crippen LogP contribution in [0.1, 0.15) is 18.4 Å². The third-order valence-electron chi connectivity index (χ3n) is 3.79. The van der Waals surface area contributed by atoms with Crippen LogP contribution in [0.3, 0.4) is 0 Å². The van der Waals surface area contributed by atoms with Gasteiger partial charge in [0.25, 0.3) is 0 Å². The Hall–Kier alpha value is -2.67. The monoisotopic (exact) mass is 328 g/mol. The summed E-state index contributed by atoms with van der Waals surface area (Å²) in [5.41, 5.74) is 0.907. The summed E-state index contributed by atoms with van der Waals surface area (Å²) in [4.78, 5) is 22.2. The van der Waals surface area contributed by atoms with Crippen molar-refractivity contribution in [2.45, 2.75) is 25.6 Å². The fourth-order valence-corrected chi connectivity index (χ4v) is 2.60. The van der Waals surface area contributed by atoms with Crippen molar-refractivity contribution in [3.05, 3.63) is 48.2 Å². The van der Waals surface area contributed by atoms with Gasteiger partial charge in [0.05, 0.1) is 6.10 Å². The molecule has 126 valence electrons. The van der Waals surface area contributed by atoms with E-state index in [1.165, 1.54) is 0 Å². The van der Waals surface area contributed by atoms with Gasteiger partial charge in [0.2, 0.25) is 5.95 Å². The summed E-state index contributed by atoms with van der Waals surface area (Å²) in [6.07, 6.45) is 2.34. The molecule has 1 aromatic carbocycles. The molecule has 1 saturated heterocycles. The van der Waals surface area contributed by atoms with Crippen LogP contribution in [-0.2, 0) is 11.3 Å². The molecule has 1 aliphatic rings. The first kappa shape index (κ1) is 16.2. The molecule has 2 aromatic rings. The van der Waals surface area contributed by atoms with Crippen molar-refractivity contribution in [3.8, 4) is 0 Å². The van der Waals surface area contributed by atoms with Crippen LogP contribution in [-0.4, -0.2) is 40.4 Å². The SMILES string of the molecule is O=C(Nc1nccc(N2CCCC(O)C2)n1)OCc1ccccc1. The van der Waals surface area contributed by atoms with Crippen LogP contribution in [0.15, 0.2) is 42.6 Å². The number of aromatic nitrogens is 2. The molecule has 1 atom stereocenters. The second-order valence-corrected chi connectivity index (χ2v) is 5.67. The average Bonchev–Trinajstić information content (AvgIpc) is 2.61. The topological polar surface area (TPSA) is 87.6 Å². The van der Waals surface area contributed by atoms with Crippen molar-refractivity contribution in [3.63, 3.8) is 0 Å². The highest BCUT2D eigenvalue weighted by atomic mass is 16.5. The molecular formula is C17H20N4O3. The Labute approximate surface area is 140 Å². The molecule has 24 heavy (non-hydrogen) atoms. The summed E-state index contributed by atoms with van der Waals surface area (Å²) < 4.78 is 5.15. The van der Waals surface area contributed by atoms with Crippen molar-refractivity contribution in [2.75, 3.05) is 23.3 Å². The van der Waals surface area contributed by atoms with Gasteiger partial charge in [-0.15, -0.1) is 0 Å². The smallest absolute Gasteiger partial charge is 0.414 e. The number of carbonyl (C=O) groups is 1. The first-order valence-corrected chi connectivity index (χ1v) is 7.94. The standard InChI is InChI=1S/C17H20N4O3/c22-14-7-4-10-21(11-14)15-8-9-18-16(19-15)20-17(23)24-12-13-5-2-1-3-6-13/h1-3,5-6,8-9,14,22H,4,7,10-12H2,(H,18,19,20,23). The predicted molar refractivity (Wildman–Crippen MR) is 89.7 cm³/mol. The van der Waals surface area contributed by atoms with Crippen molar-refractivity contribution in [1.29, 1.82) is 0 Å². The minimum absolute atomic E-state index is 0.185. The third-order valence-corrected chi connectivity index (χ3v) is 3.79. The number of hydrogen-bond acceptors (Lipinski definition) is 6. The lowest BCUT2D eigenvalue weighted by molar-refractivity contribution is 0.153. The molecule has 3 rings (SSSR count). The third kappa shape index (κ3) is 4.42. The van der Waals surface area contributed by atoms with E-state index in [4.69, 9.17) is 4.74 Å². The van der Waals surface area contributed by atoms with E-state index in [1.54, 1.807) is 12.3 Å². The molecule has 0 spiro atoms. The van der Waals surface area contributed by atoms with Gasteiger partial charge in [-0.25, -0.2) is 9.78 Å². The zero-order chi connectivity index (χ0) is 16.8. The van der Waals surface area contributed by atoms with Crippen LogP contribution < -0.4 is 10.2 Å². The number of β-amino-alcohol motifs (C(OH)–C–C–N with tert-alkyl or cyclic N) is 1. The number of aliphatic hydroxyl groups excluding tert-OH is 1. The zero-order valence-corrected chi connectivity index (χ0v) is 13.3. The van der Waals surface area contributed by atoms with Gasteiger partial charge in [-0.3, -0.25) is 5.32 Å². The normalized spacial score (nSPS) is 17.4. The Balaban J connectivity index is 1.57. The average molecular weight is 328 g/mol. The number of carbonyl (C=O) groups excluding carboxylic acids is 1. The Morgan fingerprint density at radius 3 is 2.96 bits per heavy atom. The number of nitrogens with one attached hydrogen (secondary N) is 1. The number of nitrogens with zero attached hydrogens (tertiary/aromatic N) is 3. The lowest BCUT2D eigenvalue weighted by atomic mass is 10.1. The Bertz CT molecular complexity index is 681. The summed E-state index contributed by atoms with van der Waals surface area (Å²) in [5.74, 6) is 0.868. The number of piperidine rings is 1. The molecule has 0 radical (unpaired) electrons. The minimum atomic E-state index is -0.602. The lowest BCUT2D eigenvalue weighted by Crippen LogP contribution is -2.38. The Kier molecular flexibility index (Phi) is 5.22. The van der Waals surface area contributed by atoms with E-state index in [2.05, 4.69) is 15.3 Å². The number of hydrogen-bond donors (Lipinski definition) is 2. The van der Waals surface area contributed by atoms with Gasteiger partial charge < -0.3 is 14.7 Å². The van der Waals surface area contributed by atoms with Crippen LogP contribution in [0.5, 0.6) is 0 Å². The maximum absolute atomic E-state index is 11.9. The number of amides is 1. The van der Waals surface area contributed by atoms with E-state index < -0.39 is 6.09 Å². The summed E-state index contributed by atoms with van der Waals surface area (Å²) in [7, 11) is 0. The predicted octanol–water partition coefficient (Wildman–Crippen LogP) is 2.19. The molecule has 0 saturated carbocycles. The van der Waals surface area contributed by atoms with Crippen LogP contribution in [0, 0.1) is 0 Å². The highest BCUT2D eigenvalue weighted by Crippen LogP contribution is 2.18.